The standard InChI is InChI=1S/C12H12O3/c13-10-2-1-6-14-12-9(10)4-3-8-5-7-15-11(8)12/h3-4H,1-2,5-7H2. The summed E-state index contributed by atoms with van der Waals surface area (Å²) >= 11 is 0. The molecule has 0 bridgehead atoms. The molecule has 1 aromatic carbocycles. The Morgan fingerprint density at radius 2 is 1.87 bits per heavy atom. The lowest BCUT2D eigenvalue weighted by Gasteiger charge is -2.10. The van der Waals surface area contributed by atoms with Crippen molar-refractivity contribution in [2.45, 2.75) is 19.3 Å². The highest BCUT2D eigenvalue weighted by Gasteiger charge is 2.25. The molecule has 0 fully saturated rings. The Kier molecular flexibility index (Phi) is 1.91. The van der Waals surface area contributed by atoms with Gasteiger partial charge in [-0.15, -0.1) is 0 Å². The maximum absolute atomic E-state index is 11.8. The number of hydrogen-bond donors (Lipinski definition) is 0. The molecule has 0 N–H and O–H groups in total. The first-order valence-corrected chi connectivity index (χ1v) is 5.31. The lowest BCUT2D eigenvalue weighted by Crippen LogP contribution is -1.99. The maximum Gasteiger partial charge on any atom is 0.172 e. The molecule has 78 valence electrons. The van der Waals surface area contributed by atoms with Crippen molar-refractivity contribution in [1.82, 2.24) is 0 Å². The fourth-order valence-electron chi connectivity index (χ4n) is 2.13. The number of rotatable bonds is 0. The van der Waals surface area contributed by atoms with Crippen molar-refractivity contribution >= 4 is 5.78 Å². The molecule has 2 aliphatic heterocycles. The number of carbonyl (C=O) groups is 1. The number of carbonyl (C=O) groups excluding carboxylic acids is 1. The summed E-state index contributed by atoms with van der Waals surface area (Å²) < 4.78 is 11.1. The Labute approximate surface area is 88.0 Å². The van der Waals surface area contributed by atoms with Gasteiger partial charge < -0.3 is 9.47 Å². The summed E-state index contributed by atoms with van der Waals surface area (Å²) in [5.74, 6) is 1.64. The van der Waals surface area contributed by atoms with Crippen LogP contribution in [0.1, 0.15) is 28.8 Å². The third-order valence-electron chi connectivity index (χ3n) is 2.91. The van der Waals surface area contributed by atoms with Crippen LogP contribution in [-0.4, -0.2) is 19.0 Å². The number of benzene rings is 1. The summed E-state index contributed by atoms with van der Waals surface area (Å²) in [6, 6.07) is 3.85. The van der Waals surface area contributed by atoms with Crippen LogP contribution in [0.5, 0.6) is 11.5 Å². The molecular formula is C12H12O3. The van der Waals surface area contributed by atoms with Crippen molar-refractivity contribution in [2.24, 2.45) is 0 Å². The summed E-state index contributed by atoms with van der Waals surface area (Å²) in [4.78, 5) is 11.8. The SMILES string of the molecule is O=C1CCCOc2c1ccc1c2OCC1. The van der Waals surface area contributed by atoms with E-state index in [4.69, 9.17) is 9.47 Å². The molecule has 0 saturated heterocycles. The van der Waals surface area contributed by atoms with E-state index in [0.29, 0.717) is 30.9 Å². The molecule has 0 radical (unpaired) electrons. The van der Waals surface area contributed by atoms with E-state index in [1.54, 1.807) is 0 Å². The largest absolute Gasteiger partial charge is 0.489 e. The molecule has 0 unspecified atom stereocenters. The topological polar surface area (TPSA) is 35.5 Å². The van der Waals surface area contributed by atoms with Gasteiger partial charge >= 0.3 is 0 Å². The van der Waals surface area contributed by atoms with Crippen LogP contribution in [0.25, 0.3) is 0 Å². The Morgan fingerprint density at radius 1 is 1.00 bits per heavy atom. The van der Waals surface area contributed by atoms with E-state index < -0.39 is 0 Å². The zero-order chi connectivity index (χ0) is 10.3. The molecule has 15 heavy (non-hydrogen) atoms. The first-order chi connectivity index (χ1) is 7.36. The van der Waals surface area contributed by atoms with Crippen molar-refractivity contribution in [3.8, 4) is 11.5 Å². The predicted octanol–water partition coefficient (Wildman–Crippen LogP) is 1.98. The van der Waals surface area contributed by atoms with Crippen LogP contribution in [0.15, 0.2) is 12.1 Å². The number of Topliss-reactive ketones (excluding diaryl/α,β-unsaturated/α-hetero) is 1. The van der Waals surface area contributed by atoms with E-state index >= 15 is 0 Å². The minimum Gasteiger partial charge on any atom is -0.489 e. The molecule has 0 amide bonds. The highest BCUT2D eigenvalue weighted by Crippen LogP contribution is 2.40. The number of ketones is 1. The average molecular weight is 204 g/mol. The molecule has 0 aliphatic carbocycles. The first kappa shape index (κ1) is 8.77. The molecule has 0 saturated carbocycles. The van der Waals surface area contributed by atoms with Gasteiger partial charge in [0.05, 0.1) is 18.8 Å². The molecule has 3 rings (SSSR count). The molecular weight excluding hydrogens is 192 g/mol. The van der Waals surface area contributed by atoms with E-state index in [0.717, 1.165) is 24.2 Å². The van der Waals surface area contributed by atoms with Crippen molar-refractivity contribution in [1.29, 1.82) is 0 Å². The fraction of sp³-hybridized carbons (Fsp3) is 0.417. The predicted molar refractivity (Wildman–Crippen MR) is 54.7 cm³/mol. The first-order valence-electron chi connectivity index (χ1n) is 5.31. The third kappa shape index (κ3) is 1.30. The summed E-state index contributed by atoms with van der Waals surface area (Å²) in [6.07, 6.45) is 2.29. The van der Waals surface area contributed by atoms with Crippen LogP contribution < -0.4 is 9.47 Å². The fourth-order valence-corrected chi connectivity index (χ4v) is 2.13. The van der Waals surface area contributed by atoms with Gasteiger partial charge in [0, 0.05) is 18.4 Å². The second-order valence-electron chi connectivity index (χ2n) is 3.90. The minimum absolute atomic E-state index is 0.167. The maximum atomic E-state index is 11.8. The molecule has 3 heteroatoms. The van der Waals surface area contributed by atoms with Gasteiger partial charge in [-0.2, -0.15) is 0 Å². The normalized spacial score (nSPS) is 18.5. The molecule has 0 aromatic heterocycles. The van der Waals surface area contributed by atoms with Crippen molar-refractivity contribution in [3.63, 3.8) is 0 Å². The van der Waals surface area contributed by atoms with Crippen LogP contribution in [0.2, 0.25) is 0 Å². The minimum atomic E-state index is 0.167. The van der Waals surface area contributed by atoms with E-state index in [1.165, 1.54) is 0 Å². The van der Waals surface area contributed by atoms with Crippen LogP contribution >= 0.6 is 0 Å². The summed E-state index contributed by atoms with van der Waals surface area (Å²) in [5, 5.41) is 0. The lowest BCUT2D eigenvalue weighted by atomic mass is 10.0. The number of fused-ring (bicyclic) bond motifs is 3. The van der Waals surface area contributed by atoms with Gasteiger partial charge in [0.25, 0.3) is 0 Å². The van der Waals surface area contributed by atoms with Gasteiger partial charge in [-0.1, -0.05) is 6.07 Å². The average Bonchev–Trinajstić information content (AvgIpc) is 2.64. The molecule has 2 aliphatic rings. The summed E-state index contributed by atoms with van der Waals surface area (Å²) in [5.41, 5.74) is 1.84. The quantitative estimate of drug-likeness (QED) is 0.648. The van der Waals surface area contributed by atoms with Gasteiger partial charge in [-0.05, 0) is 12.5 Å². The van der Waals surface area contributed by atoms with E-state index in [1.807, 2.05) is 12.1 Å². The molecule has 2 heterocycles. The van der Waals surface area contributed by atoms with Gasteiger partial charge in [0.1, 0.15) is 0 Å². The van der Waals surface area contributed by atoms with Crippen LogP contribution in [0, 0.1) is 0 Å². The van der Waals surface area contributed by atoms with Gasteiger partial charge in [-0.3, -0.25) is 4.79 Å². The van der Waals surface area contributed by atoms with Gasteiger partial charge in [0.15, 0.2) is 17.3 Å². The van der Waals surface area contributed by atoms with Crippen molar-refractivity contribution < 1.29 is 14.3 Å². The van der Waals surface area contributed by atoms with Gasteiger partial charge in [-0.25, -0.2) is 0 Å². The number of ether oxygens (including phenoxy) is 2. The Hall–Kier alpha value is -1.51. The van der Waals surface area contributed by atoms with E-state index in [2.05, 4.69) is 0 Å². The molecule has 3 nitrogen and oxygen atoms in total. The highest BCUT2D eigenvalue weighted by molar-refractivity contribution is 6.00. The van der Waals surface area contributed by atoms with Crippen molar-refractivity contribution in [3.05, 3.63) is 23.3 Å². The monoisotopic (exact) mass is 204 g/mol. The Morgan fingerprint density at radius 3 is 2.80 bits per heavy atom. The zero-order valence-corrected chi connectivity index (χ0v) is 8.41. The Balaban J connectivity index is 2.17. The molecule has 0 spiro atoms. The van der Waals surface area contributed by atoms with E-state index in [-0.39, 0.29) is 5.78 Å². The van der Waals surface area contributed by atoms with Crippen LogP contribution in [-0.2, 0) is 6.42 Å². The molecule has 0 atom stereocenters. The number of hydrogen-bond acceptors (Lipinski definition) is 3. The van der Waals surface area contributed by atoms with Crippen molar-refractivity contribution in [2.75, 3.05) is 13.2 Å². The second-order valence-corrected chi connectivity index (χ2v) is 3.90. The van der Waals surface area contributed by atoms with E-state index in [9.17, 15) is 4.79 Å². The summed E-state index contributed by atoms with van der Waals surface area (Å²) in [7, 11) is 0. The molecule has 1 aromatic rings. The van der Waals surface area contributed by atoms with Crippen LogP contribution in [0.3, 0.4) is 0 Å². The summed E-state index contributed by atoms with van der Waals surface area (Å²) in [6.45, 7) is 1.31. The van der Waals surface area contributed by atoms with Crippen LogP contribution in [0.4, 0.5) is 0 Å². The second kappa shape index (κ2) is 3.26. The smallest absolute Gasteiger partial charge is 0.172 e. The third-order valence-corrected chi connectivity index (χ3v) is 2.91. The Bertz CT molecular complexity index is 423. The van der Waals surface area contributed by atoms with Gasteiger partial charge in [0.2, 0.25) is 0 Å². The zero-order valence-electron chi connectivity index (χ0n) is 8.41. The lowest BCUT2D eigenvalue weighted by molar-refractivity contribution is 0.0983. The highest BCUT2D eigenvalue weighted by atomic mass is 16.5.